The molecule has 0 bridgehead atoms. The fourth-order valence-corrected chi connectivity index (χ4v) is 3.13. The van der Waals surface area contributed by atoms with Crippen LogP contribution in [0.4, 0.5) is 5.13 Å². The number of ketones is 1. The maximum Gasteiger partial charge on any atom is 0.226 e. The molecule has 1 amide bonds. The molecule has 0 spiro atoms. The third-order valence-electron chi connectivity index (χ3n) is 3.72. The quantitative estimate of drug-likeness (QED) is 0.606. The van der Waals surface area contributed by atoms with Gasteiger partial charge in [-0.1, -0.05) is 23.5 Å². The minimum atomic E-state index is -0.122. The Morgan fingerprint density at radius 2 is 2.00 bits per heavy atom. The highest BCUT2D eigenvalue weighted by molar-refractivity contribution is 7.17. The van der Waals surface area contributed by atoms with Crippen molar-refractivity contribution in [2.45, 2.75) is 40.5 Å². The van der Waals surface area contributed by atoms with Crippen LogP contribution in [-0.2, 0) is 4.79 Å². The van der Waals surface area contributed by atoms with E-state index in [2.05, 4.69) is 10.3 Å². The van der Waals surface area contributed by atoms with Gasteiger partial charge in [0.25, 0.3) is 0 Å². The molecule has 2 rings (SSSR count). The van der Waals surface area contributed by atoms with E-state index in [4.69, 9.17) is 4.74 Å². The van der Waals surface area contributed by atoms with Crippen molar-refractivity contribution in [2.24, 2.45) is 0 Å². The molecule has 1 aromatic heterocycles. The Balaban J connectivity index is 1.78. The van der Waals surface area contributed by atoms with E-state index < -0.39 is 0 Å². The number of carbonyl (C=O) groups is 2. The molecule has 0 unspecified atom stereocenters. The van der Waals surface area contributed by atoms with Crippen LogP contribution in [0.15, 0.2) is 18.2 Å². The lowest BCUT2D eigenvalue weighted by molar-refractivity contribution is -0.116. The number of Topliss-reactive ketones (excluding diaryl/α,β-unsaturated/α-hetero) is 1. The van der Waals surface area contributed by atoms with E-state index in [9.17, 15) is 9.59 Å². The standard InChI is InChI=1S/C18H22N2O3S/c1-11-7-5-8-15(12(11)2)23-10-6-9-16(22)20-18-19-13(3)17(24-18)14(4)21/h5,7-8H,6,9-10H2,1-4H3,(H,19,20,22). The van der Waals surface area contributed by atoms with Crippen molar-refractivity contribution in [2.75, 3.05) is 11.9 Å². The highest BCUT2D eigenvalue weighted by Gasteiger charge is 2.13. The molecule has 0 aliphatic heterocycles. The molecule has 0 aliphatic carbocycles. The first kappa shape index (κ1) is 18.1. The Morgan fingerprint density at radius 1 is 1.25 bits per heavy atom. The van der Waals surface area contributed by atoms with Crippen molar-refractivity contribution in [1.82, 2.24) is 4.98 Å². The van der Waals surface area contributed by atoms with Crippen LogP contribution < -0.4 is 10.1 Å². The highest BCUT2D eigenvalue weighted by atomic mass is 32.1. The minimum absolute atomic E-state index is 0.0348. The summed E-state index contributed by atoms with van der Waals surface area (Å²) >= 11 is 1.21. The van der Waals surface area contributed by atoms with Gasteiger partial charge in [0.15, 0.2) is 10.9 Å². The Morgan fingerprint density at radius 3 is 2.67 bits per heavy atom. The van der Waals surface area contributed by atoms with E-state index in [1.807, 2.05) is 32.0 Å². The first-order chi connectivity index (χ1) is 11.4. The number of hydrogen-bond donors (Lipinski definition) is 1. The molecule has 1 N–H and O–H groups in total. The summed E-state index contributed by atoms with van der Waals surface area (Å²) in [6.45, 7) is 7.81. The van der Waals surface area contributed by atoms with E-state index in [-0.39, 0.29) is 11.7 Å². The Kier molecular flexibility index (Phi) is 6.09. The molecule has 0 atom stereocenters. The summed E-state index contributed by atoms with van der Waals surface area (Å²) in [7, 11) is 0. The largest absolute Gasteiger partial charge is 0.493 e. The number of ether oxygens (including phenoxy) is 1. The third kappa shape index (κ3) is 4.64. The second kappa shape index (κ2) is 8.06. The first-order valence-corrected chi connectivity index (χ1v) is 8.67. The number of nitrogens with zero attached hydrogens (tertiary/aromatic N) is 1. The number of anilines is 1. The van der Waals surface area contributed by atoms with Gasteiger partial charge in [0.1, 0.15) is 5.75 Å². The summed E-state index contributed by atoms with van der Waals surface area (Å²) < 4.78 is 5.74. The minimum Gasteiger partial charge on any atom is -0.493 e. The predicted octanol–water partition coefficient (Wildman–Crippen LogP) is 4.07. The summed E-state index contributed by atoms with van der Waals surface area (Å²) in [5, 5.41) is 3.21. The van der Waals surface area contributed by atoms with Gasteiger partial charge in [0.2, 0.25) is 5.91 Å². The second-order valence-corrected chi connectivity index (χ2v) is 6.69. The van der Waals surface area contributed by atoms with Gasteiger partial charge in [-0.25, -0.2) is 4.98 Å². The van der Waals surface area contributed by atoms with Gasteiger partial charge in [-0.2, -0.15) is 0 Å². The number of benzene rings is 1. The molecule has 0 aliphatic rings. The summed E-state index contributed by atoms with van der Waals surface area (Å²) in [6.07, 6.45) is 0.960. The van der Waals surface area contributed by atoms with Gasteiger partial charge >= 0.3 is 0 Å². The van der Waals surface area contributed by atoms with Crippen molar-refractivity contribution in [3.63, 3.8) is 0 Å². The van der Waals surface area contributed by atoms with Crippen LogP contribution in [0.2, 0.25) is 0 Å². The molecule has 1 heterocycles. The smallest absolute Gasteiger partial charge is 0.226 e. The number of nitrogens with one attached hydrogen (secondary N) is 1. The summed E-state index contributed by atoms with van der Waals surface area (Å²) in [6, 6.07) is 5.94. The molecular weight excluding hydrogens is 324 g/mol. The number of rotatable bonds is 7. The molecule has 0 saturated carbocycles. The van der Waals surface area contributed by atoms with Crippen LogP contribution in [0, 0.1) is 20.8 Å². The Hall–Kier alpha value is -2.21. The van der Waals surface area contributed by atoms with Gasteiger partial charge in [0.05, 0.1) is 17.2 Å². The molecule has 2 aromatic rings. The molecule has 1 aromatic carbocycles. The first-order valence-electron chi connectivity index (χ1n) is 7.85. The fourth-order valence-electron chi connectivity index (χ4n) is 2.25. The van der Waals surface area contributed by atoms with Crippen molar-refractivity contribution in [3.05, 3.63) is 39.9 Å². The number of aryl methyl sites for hydroxylation is 2. The van der Waals surface area contributed by atoms with Gasteiger partial charge < -0.3 is 10.1 Å². The molecule has 5 nitrogen and oxygen atoms in total. The second-order valence-electron chi connectivity index (χ2n) is 5.69. The lowest BCUT2D eigenvalue weighted by Gasteiger charge is -2.10. The lowest BCUT2D eigenvalue weighted by Crippen LogP contribution is -2.12. The van der Waals surface area contributed by atoms with Crippen LogP contribution in [0.3, 0.4) is 0 Å². The fraction of sp³-hybridized carbons (Fsp3) is 0.389. The van der Waals surface area contributed by atoms with Crippen molar-refractivity contribution in [1.29, 1.82) is 0 Å². The molecular formula is C18H22N2O3S. The Labute approximate surface area is 146 Å². The summed E-state index contributed by atoms with van der Waals surface area (Å²) in [5.41, 5.74) is 2.96. The third-order valence-corrected chi connectivity index (χ3v) is 4.90. The predicted molar refractivity (Wildman–Crippen MR) is 96.1 cm³/mol. The molecule has 6 heteroatoms. The van der Waals surface area contributed by atoms with Crippen LogP contribution in [0.25, 0.3) is 0 Å². The normalized spacial score (nSPS) is 10.5. The van der Waals surface area contributed by atoms with Crippen LogP contribution in [-0.4, -0.2) is 23.3 Å². The van der Waals surface area contributed by atoms with Crippen molar-refractivity contribution >= 4 is 28.2 Å². The Bertz CT molecular complexity index is 753. The monoisotopic (exact) mass is 346 g/mol. The maximum absolute atomic E-state index is 12.0. The number of amides is 1. The summed E-state index contributed by atoms with van der Waals surface area (Å²) in [5.74, 6) is 0.702. The van der Waals surface area contributed by atoms with Gasteiger partial charge in [-0.3, -0.25) is 9.59 Å². The topological polar surface area (TPSA) is 68.3 Å². The van der Waals surface area contributed by atoms with Crippen LogP contribution in [0.1, 0.15) is 46.3 Å². The van der Waals surface area contributed by atoms with Crippen LogP contribution in [0.5, 0.6) is 5.75 Å². The maximum atomic E-state index is 12.0. The van der Waals surface area contributed by atoms with Gasteiger partial charge in [-0.05, 0) is 44.4 Å². The van der Waals surface area contributed by atoms with Gasteiger partial charge in [-0.15, -0.1) is 0 Å². The average Bonchev–Trinajstić information content (AvgIpc) is 2.88. The average molecular weight is 346 g/mol. The van der Waals surface area contributed by atoms with E-state index in [1.54, 1.807) is 6.92 Å². The van der Waals surface area contributed by atoms with Crippen LogP contribution >= 0.6 is 11.3 Å². The van der Waals surface area contributed by atoms with Gasteiger partial charge in [0, 0.05) is 13.3 Å². The highest BCUT2D eigenvalue weighted by Crippen LogP contribution is 2.23. The SMILES string of the molecule is CC(=O)c1sc(NC(=O)CCCOc2cccc(C)c2C)nc1C. The van der Waals surface area contributed by atoms with E-state index in [0.717, 1.165) is 11.3 Å². The van der Waals surface area contributed by atoms with E-state index in [1.165, 1.54) is 23.8 Å². The molecule has 0 saturated heterocycles. The summed E-state index contributed by atoms with van der Waals surface area (Å²) in [4.78, 5) is 28.1. The number of aromatic nitrogens is 1. The zero-order valence-electron chi connectivity index (χ0n) is 14.4. The lowest BCUT2D eigenvalue weighted by atomic mass is 10.1. The molecule has 0 radical (unpaired) electrons. The number of hydrogen-bond acceptors (Lipinski definition) is 5. The number of thiazole rings is 1. The number of carbonyl (C=O) groups excluding carboxylic acids is 2. The molecule has 0 fully saturated rings. The van der Waals surface area contributed by atoms with E-state index >= 15 is 0 Å². The zero-order chi connectivity index (χ0) is 17.7. The van der Waals surface area contributed by atoms with Crippen molar-refractivity contribution < 1.29 is 14.3 Å². The van der Waals surface area contributed by atoms with E-state index in [0.29, 0.717) is 35.2 Å². The zero-order valence-corrected chi connectivity index (χ0v) is 15.3. The molecule has 24 heavy (non-hydrogen) atoms. The molecule has 128 valence electrons. The van der Waals surface area contributed by atoms with Crippen molar-refractivity contribution in [3.8, 4) is 5.75 Å².